The number of methoxy groups -OCH3 is 1. The average molecular weight is 333 g/mol. The van der Waals surface area contributed by atoms with Crippen molar-refractivity contribution in [2.45, 2.75) is 6.61 Å². The molecule has 0 bridgehead atoms. The Morgan fingerprint density at radius 1 is 1.04 bits per heavy atom. The van der Waals surface area contributed by atoms with E-state index in [0.29, 0.717) is 17.1 Å². The van der Waals surface area contributed by atoms with Crippen molar-refractivity contribution in [3.8, 4) is 5.75 Å². The topological polar surface area (TPSA) is 118 Å². The minimum Gasteiger partial charge on any atom is -0.484 e. The van der Waals surface area contributed by atoms with E-state index in [1.165, 1.54) is 43.5 Å². The normalized spacial score (nSPS) is 10.0. The Hall–Kier alpha value is -3.29. The number of amides is 1. The van der Waals surface area contributed by atoms with Crippen molar-refractivity contribution in [3.63, 3.8) is 0 Å². The van der Waals surface area contributed by atoms with Crippen molar-refractivity contribution < 1.29 is 33.0 Å². The van der Waals surface area contributed by atoms with E-state index in [2.05, 4.69) is 4.74 Å². The van der Waals surface area contributed by atoms with Crippen molar-refractivity contribution in [1.82, 2.24) is 0 Å². The molecule has 0 radical (unpaired) electrons. The molecule has 1 aromatic carbocycles. The first-order valence-electron chi connectivity index (χ1n) is 6.85. The Balaban J connectivity index is 1.89. The van der Waals surface area contributed by atoms with E-state index in [9.17, 15) is 14.4 Å². The number of ether oxygens (including phenoxy) is 3. The minimum absolute atomic E-state index is 0.0273. The molecule has 0 aliphatic rings. The van der Waals surface area contributed by atoms with Gasteiger partial charge in [0.2, 0.25) is 5.76 Å². The van der Waals surface area contributed by atoms with Crippen LogP contribution in [0.5, 0.6) is 5.75 Å². The molecule has 1 heterocycles. The van der Waals surface area contributed by atoms with Crippen molar-refractivity contribution in [3.05, 3.63) is 53.5 Å². The summed E-state index contributed by atoms with van der Waals surface area (Å²) in [4.78, 5) is 33.8. The average Bonchev–Trinajstić information content (AvgIpc) is 3.06. The van der Waals surface area contributed by atoms with Crippen molar-refractivity contribution in [2.75, 3.05) is 13.7 Å². The number of carbonyl (C=O) groups excluding carboxylic acids is 3. The predicted octanol–water partition coefficient (Wildman–Crippen LogP) is 1.29. The second-order valence-corrected chi connectivity index (χ2v) is 4.61. The number of benzene rings is 1. The highest BCUT2D eigenvalue weighted by molar-refractivity contribution is 5.89. The molecule has 2 aromatic rings. The minimum atomic E-state index is -0.612. The van der Waals surface area contributed by atoms with Gasteiger partial charge in [0, 0.05) is 0 Å². The smallest absolute Gasteiger partial charge is 0.373 e. The van der Waals surface area contributed by atoms with Crippen LogP contribution in [0.15, 0.2) is 40.8 Å². The Bertz CT molecular complexity index is 733. The fourth-order valence-electron chi connectivity index (χ4n) is 1.73. The summed E-state index contributed by atoms with van der Waals surface area (Å²) < 4.78 is 19.9. The van der Waals surface area contributed by atoms with Crippen LogP contribution in [0.25, 0.3) is 0 Å². The molecule has 2 N–H and O–H groups in total. The first-order chi connectivity index (χ1) is 11.5. The van der Waals surface area contributed by atoms with Crippen LogP contribution in [0.1, 0.15) is 26.7 Å². The van der Waals surface area contributed by atoms with Crippen LogP contribution in [0.3, 0.4) is 0 Å². The standard InChI is InChI=1S/C16H15NO7/c1-21-16(20)13-7-6-12(24-13)8-23-15(19)10-2-4-11(5-3-10)22-9-14(17)18/h2-7H,8-9H2,1H3,(H2,17,18). The molecule has 0 saturated heterocycles. The first-order valence-corrected chi connectivity index (χ1v) is 6.85. The highest BCUT2D eigenvalue weighted by Crippen LogP contribution is 2.15. The van der Waals surface area contributed by atoms with Crippen LogP contribution in [0.4, 0.5) is 0 Å². The number of hydrogen-bond donors (Lipinski definition) is 1. The zero-order valence-electron chi connectivity index (χ0n) is 12.8. The van der Waals surface area contributed by atoms with Gasteiger partial charge in [0.25, 0.3) is 5.91 Å². The largest absolute Gasteiger partial charge is 0.484 e. The molecule has 24 heavy (non-hydrogen) atoms. The highest BCUT2D eigenvalue weighted by Gasteiger charge is 2.13. The molecular formula is C16H15NO7. The van der Waals surface area contributed by atoms with Gasteiger partial charge in [-0.1, -0.05) is 0 Å². The zero-order valence-corrected chi connectivity index (χ0v) is 12.8. The summed E-state index contributed by atoms with van der Waals surface area (Å²) in [7, 11) is 1.24. The van der Waals surface area contributed by atoms with E-state index in [0.717, 1.165) is 0 Å². The van der Waals surface area contributed by atoms with E-state index in [4.69, 9.17) is 19.6 Å². The van der Waals surface area contributed by atoms with Gasteiger partial charge in [-0.15, -0.1) is 0 Å². The van der Waals surface area contributed by atoms with Crippen LogP contribution < -0.4 is 10.5 Å². The monoisotopic (exact) mass is 333 g/mol. The van der Waals surface area contributed by atoms with Crippen LogP contribution >= 0.6 is 0 Å². The maximum absolute atomic E-state index is 11.9. The summed E-state index contributed by atoms with van der Waals surface area (Å²) in [5.41, 5.74) is 5.26. The van der Waals surface area contributed by atoms with Gasteiger partial charge in [-0.3, -0.25) is 4.79 Å². The molecule has 2 rings (SSSR count). The maximum Gasteiger partial charge on any atom is 0.373 e. The van der Waals surface area contributed by atoms with E-state index in [1.54, 1.807) is 0 Å². The summed E-state index contributed by atoms with van der Waals surface area (Å²) in [5.74, 6) is -1.04. The summed E-state index contributed by atoms with van der Waals surface area (Å²) >= 11 is 0. The third-order valence-electron chi connectivity index (χ3n) is 2.86. The van der Waals surface area contributed by atoms with Gasteiger partial charge in [0.05, 0.1) is 12.7 Å². The van der Waals surface area contributed by atoms with Crippen LogP contribution in [0.2, 0.25) is 0 Å². The summed E-state index contributed by atoms with van der Waals surface area (Å²) in [6.07, 6.45) is 0. The molecule has 0 atom stereocenters. The fourth-order valence-corrected chi connectivity index (χ4v) is 1.73. The number of rotatable bonds is 7. The summed E-state index contributed by atoms with van der Waals surface area (Å²) in [6, 6.07) is 8.95. The number of hydrogen-bond acceptors (Lipinski definition) is 7. The molecule has 1 amide bonds. The van der Waals surface area contributed by atoms with Gasteiger partial charge in [-0.25, -0.2) is 9.59 Å². The van der Waals surface area contributed by atoms with Crippen molar-refractivity contribution >= 4 is 17.8 Å². The van der Waals surface area contributed by atoms with Gasteiger partial charge in [-0.2, -0.15) is 0 Å². The van der Waals surface area contributed by atoms with Gasteiger partial charge in [0.1, 0.15) is 18.1 Å². The molecular weight excluding hydrogens is 318 g/mol. The Morgan fingerprint density at radius 3 is 2.38 bits per heavy atom. The molecule has 0 spiro atoms. The fraction of sp³-hybridized carbons (Fsp3) is 0.188. The zero-order chi connectivity index (χ0) is 17.5. The lowest BCUT2D eigenvalue weighted by atomic mass is 10.2. The lowest BCUT2D eigenvalue weighted by molar-refractivity contribution is -0.119. The van der Waals surface area contributed by atoms with Crippen LogP contribution in [-0.2, 0) is 20.9 Å². The number of nitrogens with two attached hydrogens (primary N) is 1. The van der Waals surface area contributed by atoms with Crippen molar-refractivity contribution in [2.24, 2.45) is 5.73 Å². The molecule has 126 valence electrons. The second kappa shape index (κ2) is 7.82. The first kappa shape index (κ1) is 17.1. The lowest BCUT2D eigenvalue weighted by Crippen LogP contribution is -2.20. The SMILES string of the molecule is COC(=O)c1ccc(COC(=O)c2ccc(OCC(N)=O)cc2)o1. The Kier molecular flexibility index (Phi) is 5.56. The number of carbonyl (C=O) groups is 3. The van der Waals surface area contributed by atoms with Crippen molar-refractivity contribution in [1.29, 1.82) is 0 Å². The molecule has 8 heteroatoms. The summed E-state index contributed by atoms with van der Waals surface area (Å²) in [5, 5.41) is 0. The van der Waals surface area contributed by atoms with E-state index in [1.807, 2.05) is 0 Å². The Labute approximate surface area is 137 Å². The number of primary amides is 1. The van der Waals surface area contributed by atoms with E-state index < -0.39 is 17.8 Å². The van der Waals surface area contributed by atoms with Gasteiger partial charge >= 0.3 is 11.9 Å². The van der Waals surface area contributed by atoms with Crippen LogP contribution in [0, 0.1) is 0 Å². The third-order valence-corrected chi connectivity index (χ3v) is 2.86. The van der Waals surface area contributed by atoms with Gasteiger partial charge < -0.3 is 24.4 Å². The quantitative estimate of drug-likeness (QED) is 0.758. The lowest BCUT2D eigenvalue weighted by Gasteiger charge is -2.05. The van der Waals surface area contributed by atoms with Gasteiger partial charge in [0.15, 0.2) is 6.61 Å². The molecule has 0 aliphatic carbocycles. The summed E-state index contributed by atoms with van der Waals surface area (Å²) in [6.45, 7) is -0.374. The second-order valence-electron chi connectivity index (χ2n) is 4.61. The van der Waals surface area contributed by atoms with Crippen LogP contribution in [-0.4, -0.2) is 31.6 Å². The highest BCUT2D eigenvalue weighted by atomic mass is 16.6. The third kappa shape index (κ3) is 4.60. The number of furan rings is 1. The van der Waals surface area contributed by atoms with E-state index >= 15 is 0 Å². The van der Waals surface area contributed by atoms with E-state index in [-0.39, 0.29) is 19.0 Å². The number of esters is 2. The molecule has 0 fully saturated rings. The molecule has 0 unspecified atom stereocenters. The molecule has 1 aromatic heterocycles. The van der Waals surface area contributed by atoms with Gasteiger partial charge in [-0.05, 0) is 36.4 Å². The predicted molar refractivity (Wildman–Crippen MR) is 80.3 cm³/mol. The maximum atomic E-state index is 11.9. The molecule has 0 saturated carbocycles. The molecule has 0 aliphatic heterocycles. The Morgan fingerprint density at radius 2 is 1.75 bits per heavy atom. The molecule has 8 nitrogen and oxygen atoms in total.